The normalized spacial score (nSPS) is 11.5. The molecule has 0 spiro atoms. The Labute approximate surface area is 102 Å². The van der Waals surface area contributed by atoms with Crippen molar-refractivity contribution in [1.82, 2.24) is 8.94 Å². The number of rotatable bonds is 2. The Balaban J connectivity index is 2.57. The summed E-state index contributed by atoms with van der Waals surface area (Å²) in [5, 5.41) is 0. The molecule has 0 N–H and O–H groups in total. The van der Waals surface area contributed by atoms with Crippen molar-refractivity contribution >= 4 is 23.1 Å². The van der Waals surface area contributed by atoms with E-state index in [-0.39, 0.29) is 11.9 Å². The number of carbonyl (C=O) groups is 1. The van der Waals surface area contributed by atoms with Gasteiger partial charge in [-0.2, -0.15) is 0 Å². The van der Waals surface area contributed by atoms with Gasteiger partial charge < -0.3 is 4.74 Å². The molecule has 0 saturated heterocycles. The molecule has 2 aromatic rings. The quantitative estimate of drug-likeness (QED) is 0.816. The molecular formula is C11H11N3O2S. The first-order chi connectivity index (χ1) is 8.22. The first-order valence-electron chi connectivity index (χ1n) is 4.96. The highest BCUT2D eigenvalue weighted by molar-refractivity contribution is 7.03. The van der Waals surface area contributed by atoms with E-state index in [4.69, 9.17) is 4.74 Å². The Kier molecular flexibility index (Phi) is 3.34. The summed E-state index contributed by atoms with van der Waals surface area (Å²) < 4.78 is 10.4. The molecule has 0 unspecified atom stereocenters. The minimum Gasteiger partial charge on any atom is -0.467 e. The van der Waals surface area contributed by atoms with Crippen LogP contribution in [0.5, 0.6) is 6.01 Å². The van der Waals surface area contributed by atoms with Gasteiger partial charge >= 0.3 is 6.01 Å². The maximum atomic E-state index is 11.5. The molecule has 0 aliphatic carbocycles. The fourth-order valence-corrected chi connectivity index (χ4v) is 2.08. The van der Waals surface area contributed by atoms with Crippen LogP contribution in [0.3, 0.4) is 0 Å². The lowest BCUT2D eigenvalue weighted by Gasteiger charge is -1.99. The maximum absolute atomic E-state index is 11.5. The summed E-state index contributed by atoms with van der Waals surface area (Å²) in [4.78, 5) is 16.3. The minimum atomic E-state index is -0.176. The Bertz CT molecular complexity index is 586. The van der Waals surface area contributed by atoms with E-state index in [9.17, 15) is 4.79 Å². The van der Waals surface area contributed by atoms with Gasteiger partial charge in [-0.15, -0.1) is 4.37 Å². The second kappa shape index (κ2) is 4.92. The van der Waals surface area contributed by atoms with Gasteiger partial charge in [-0.1, -0.05) is 18.2 Å². The molecule has 0 fully saturated rings. The topological polar surface area (TPSA) is 56.5 Å². The Morgan fingerprint density at radius 1 is 1.41 bits per heavy atom. The summed E-state index contributed by atoms with van der Waals surface area (Å²) in [7, 11) is 1.47. The highest BCUT2D eigenvalue weighted by Gasteiger charge is 2.11. The number of ether oxygens (including phenoxy) is 1. The molecule has 2 rings (SSSR count). The highest BCUT2D eigenvalue weighted by Crippen LogP contribution is 2.11. The van der Waals surface area contributed by atoms with Crippen LogP contribution >= 0.6 is 11.5 Å². The maximum Gasteiger partial charge on any atom is 0.316 e. The van der Waals surface area contributed by atoms with Gasteiger partial charge in [0.1, 0.15) is 0 Å². The number of nitrogens with zero attached hydrogens (tertiary/aromatic N) is 3. The second-order valence-corrected chi connectivity index (χ2v) is 3.98. The fourth-order valence-electron chi connectivity index (χ4n) is 1.32. The molecule has 0 aliphatic heterocycles. The molecule has 0 atom stereocenters. The van der Waals surface area contributed by atoms with E-state index >= 15 is 0 Å². The summed E-state index contributed by atoms with van der Waals surface area (Å²) >= 11 is 1.12. The van der Waals surface area contributed by atoms with Crippen LogP contribution in [0.15, 0.2) is 35.3 Å². The van der Waals surface area contributed by atoms with Gasteiger partial charge in [0.25, 0.3) is 0 Å². The standard InChI is InChI=1S/C11H11N3O2S/c1-8(15)14-10(16-2)13-17-11(14)12-9-6-4-3-5-7-9/h3-7H,1-2H3. The van der Waals surface area contributed by atoms with Crippen LogP contribution in [0.1, 0.15) is 11.7 Å². The number of hydrogen-bond donors (Lipinski definition) is 0. The van der Waals surface area contributed by atoms with E-state index in [2.05, 4.69) is 9.37 Å². The third-order valence-electron chi connectivity index (χ3n) is 2.07. The number of para-hydroxylation sites is 1. The van der Waals surface area contributed by atoms with E-state index in [1.807, 2.05) is 30.3 Å². The van der Waals surface area contributed by atoms with Crippen molar-refractivity contribution in [2.45, 2.75) is 6.92 Å². The average Bonchev–Trinajstić information content (AvgIpc) is 2.73. The van der Waals surface area contributed by atoms with Crippen molar-refractivity contribution in [3.63, 3.8) is 0 Å². The predicted molar refractivity (Wildman–Crippen MR) is 64.6 cm³/mol. The summed E-state index contributed by atoms with van der Waals surface area (Å²) in [6, 6.07) is 9.65. The molecule has 6 heteroatoms. The largest absolute Gasteiger partial charge is 0.467 e. The van der Waals surface area contributed by atoms with E-state index in [0.717, 1.165) is 17.2 Å². The summed E-state index contributed by atoms with van der Waals surface area (Å²) in [5.74, 6) is -0.176. The Morgan fingerprint density at radius 2 is 2.12 bits per heavy atom. The first kappa shape index (κ1) is 11.5. The monoisotopic (exact) mass is 249 g/mol. The lowest BCUT2D eigenvalue weighted by molar-refractivity contribution is 0.0921. The Hall–Kier alpha value is -1.95. The molecule has 0 amide bonds. The van der Waals surface area contributed by atoms with E-state index in [1.165, 1.54) is 18.6 Å². The van der Waals surface area contributed by atoms with Crippen LogP contribution in [0.25, 0.3) is 0 Å². The van der Waals surface area contributed by atoms with Gasteiger partial charge in [0.2, 0.25) is 10.7 Å². The number of hydrogen-bond acceptors (Lipinski definition) is 5. The Morgan fingerprint density at radius 3 is 2.71 bits per heavy atom. The summed E-state index contributed by atoms with van der Waals surface area (Å²) in [6.07, 6.45) is 0. The van der Waals surface area contributed by atoms with Crippen molar-refractivity contribution in [3.05, 3.63) is 35.1 Å². The van der Waals surface area contributed by atoms with Crippen molar-refractivity contribution in [2.24, 2.45) is 4.99 Å². The van der Waals surface area contributed by atoms with E-state index < -0.39 is 0 Å². The smallest absolute Gasteiger partial charge is 0.316 e. The summed E-state index contributed by atoms with van der Waals surface area (Å²) in [5.41, 5.74) is 0.772. The third-order valence-corrected chi connectivity index (χ3v) is 2.75. The van der Waals surface area contributed by atoms with Gasteiger partial charge in [0.05, 0.1) is 12.8 Å². The molecule has 0 bridgehead atoms. The zero-order chi connectivity index (χ0) is 12.3. The van der Waals surface area contributed by atoms with Crippen molar-refractivity contribution in [1.29, 1.82) is 0 Å². The molecule has 1 aromatic heterocycles. The molecule has 88 valence electrons. The van der Waals surface area contributed by atoms with Crippen LogP contribution in [-0.4, -0.2) is 22.0 Å². The van der Waals surface area contributed by atoms with Crippen LogP contribution in [0.4, 0.5) is 5.69 Å². The average molecular weight is 249 g/mol. The molecule has 0 saturated carbocycles. The van der Waals surface area contributed by atoms with Crippen molar-refractivity contribution < 1.29 is 9.53 Å². The zero-order valence-corrected chi connectivity index (χ0v) is 10.3. The van der Waals surface area contributed by atoms with Gasteiger partial charge in [-0.25, -0.2) is 9.56 Å². The molecule has 1 heterocycles. The van der Waals surface area contributed by atoms with Crippen molar-refractivity contribution in [3.8, 4) is 6.01 Å². The van der Waals surface area contributed by atoms with E-state index in [0.29, 0.717) is 4.80 Å². The fraction of sp³-hybridized carbons (Fsp3) is 0.182. The van der Waals surface area contributed by atoms with Gasteiger partial charge in [0.15, 0.2) is 0 Å². The van der Waals surface area contributed by atoms with Crippen molar-refractivity contribution in [2.75, 3.05) is 7.11 Å². The first-order valence-corrected chi connectivity index (χ1v) is 5.73. The molecule has 17 heavy (non-hydrogen) atoms. The van der Waals surface area contributed by atoms with Crippen LogP contribution < -0.4 is 9.54 Å². The summed E-state index contributed by atoms with van der Waals surface area (Å²) in [6.45, 7) is 1.45. The van der Waals surface area contributed by atoms with Gasteiger partial charge in [-0.3, -0.25) is 4.79 Å². The molecule has 5 nitrogen and oxygen atoms in total. The number of benzene rings is 1. The van der Waals surface area contributed by atoms with Crippen LogP contribution in [0, 0.1) is 0 Å². The predicted octanol–water partition coefficient (Wildman–Crippen LogP) is 1.85. The lowest BCUT2D eigenvalue weighted by Crippen LogP contribution is -2.20. The molecule has 0 radical (unpaired) electrons. The minimum absolute atomic E-state index is 0.176. The molecular weight excluding hydrogens is 238 g/mol. The SMILES string of the molecule is COc1nsc(=Nc2ccccc2)n1C(C)=O. The van der Waals surface area contributed by atoms with Gasteiger partial charge in [0, 0.05) is 18.5 Å². The third kappa shape index (κ3) is 2.42. The highest BCUT2D eigenvalue weighted by atomic mass is 32.1. The zero-order valence-electron chi connectivity index (χ0n) is 9.45. The molecule has 1 aromatic carbocycles. The number of carbonyl (C=O) groups excluding carboxylic acids is 1. The molecule has 0 aliphatic rings. The van der Waals surface area contributed by atoms with Gasteiger partial charge in [-0.05, 0) is 12.1 Å². The van der Waals surface area contributed by atoms with Crippen LogP contribution in [-0.2, 0) is 0 Å². The van der Waals surface area contributed by atoms with Crippen LogP contribution in [0.2, 0.25) is 0 Å². The lowest BCUT2D eigenvalue weighted by atomic mass is 10.3. The van der Waals surface area contributed by atoms with E-state index in [1.54, 1.807) is 0 Å². The second-order valence-electron chi connectivity index (χ2n) is 3.25. The number of methoxy groups -OCH3 is 1. The number of aromatic nitrogens is 2.